The first-order valence-corrected chi connectivity index (χ1v) is 7.49. The Labute approximate surface area is 125 Å². The van der Waals surface area contributed by atoms with Crippen LogP contribution in [-0.4, -0.2) is 22.8 Å². The van der Waals surface area contributed by atoms with E-state index in [4.69, 9.17) is 0 Å². The highest BCUT2D eigenvalue weighted by Gasteiger charge is 2.19. The Balaban J connectivity index is 1.58. The zero-order valence-electron chi connectivity index (χ0n) is 12.0. The van der Waals surface area contributed by atoms with Gasteiger partial charge in [-0.1, -0.05) is 36.4 Å². The summed E-state index contributed by atoms with van der Waals surface area (Å²) >= 11 is 0. The first-order chi connectivity index (χ1) is 10.2. The monoisotopic (exact) mass is 283 g/mol. The van der Waals surface area contributed by atoms with E-state index in [1.165, 1.54) is 11.1 Å². The second-order valence-corrected chi connectivity index (χ2v) is 5.73. The van der Waals surface area contributed by atoms with Gasteiger partial charge in [0.15, 0.2) is 0 Å². The standard InChI is InChI=1S/C18H21NO2/c20-17-9-7-13-6-8-16(10-15(13)11-17)19-12-18(21)14-4-2-1-3-5-14/h1-5,7,9,11,16,18-21H,6,8,10,12H2/t16-,18-/m0/s1. The summed E-state index contributed by atoms with van der Waals surface area (Å²) in [4.78, 5) is 0. The van der Waals surface area contributed by atoms with Crippen molar-refractivity contribution in [3.8, 4) is 5.75 Å². The van der Waals surface area contributed by atoms with Crippen LogP contribution in [-0.2, 0) is 12.8 Å². The van der Waals surface area contributed by atoms with Crippen LogP contribution < -0.4 is 5.32 Å². The Morgan fingerprint density at radius 3 is 2.71 bits per heavy atom. The molecule has 0 aliphatic heterocycles. The summed E-state index contributed by atoms with van der Waals surface area (Å²) in [5.74, 6) is 0.332. The number of rotatable bonds is 4. The largest absolute Gasteiger partial charge is 0.508 e. The van der Waals surface area contributed by atoms with Crippen molar-refractivity contribution in [2.24, 2.45) is 0 Å². The average molecular weight is 283 g/mol. The molecule has 0 saturated carbocycles. The van der Waals surface area contributed by atoms with Crippen LogP contribution >= 0.6 is 0 Å². The number of phenols is 1. The van der Waals surface area contributed by atoms with Crippen LogP contribution in [0.4, 0.5) is 0 Å². The molecule has 0 spiro atoms. The molecule has 0 saturated heterocycles. The summed E-state index contributed by atoms with van der Waals surface area (Å²) in [6.45, 7) is 0.558. The van der Waals surface area contributed by atoms with Gasteiger partial charge in [0.1, 0.15) is 5.75 Å². The molecule has 0 amide bonds. The van der Waals surface area contributed by atoms with E-state index in [2.05, 4.69) is 5.32 Å². The van der Waals surface area contributed by atoms with Gasteiger partial charge in [-0.25, -0.2) is 0 Å². The fraction of sp³-hybridized carbons (Fsp3) is 0.333. The molecule has 2 aromatic carbocycles. The van der Waals surface area contributed by atoms with Crippen LogP contribution in [0.25, 0.3) is 0 Å². The fourth-order valence-corrected chi connectivity index (χ4v) is 2.99. The van der Waals surface area contributed by atoms with Crippen molar-refractivity contribution in [3.05, 3.63) is 65.2 Å². The van der Waals surface area contributed by atoms with Gasteiger partial charge in [0.25, 0.3) is 0 Å². The summed E-state index contributed by atoms with van der Waals surface area (Å²) in [6.07, 6.45) is 2.52. The lowest BCUT2D eigenvalue weighted by Gasteiger charge is -2.26. The van der Waals surface area contributed by atoms with Gasteiger partial charge in [0.05, 0.1) is 6.10 Å². The molecule has 2 atom stereocenters. The number of aliphatic hydroxyl groups is 1. The van der Waals surface area contributed by atoms with E-state index in [9.17, 15) is 10.2 Å². The van der Waals surface area contributed by atoms with Crippen LogP contribution in [0.2, 0.25) is 0 Å². The molecule has 110 valence electrons. The molecule has 2 aromatic rings. The van der Waals surface area contributed by atoms with Gasteiger partial charge >= 0.3 is 0 Å². The van der Waals surface area contributed by atoms with E-state index >= 15 is 0 Å². The van der Waals surface area contributed by atoms with Crippen molar-refractivity contribution >= 4 is 0 Å². The molecule has 3 N–H and O–H groups in total. The number of benzene rings is 2. The highest BCUT2D eigenvalue weighted by Crippen LogP contribution is 2.25. The van der Waals surface area contributed by atoms with E-state index in [1.807, 2.05) is 42.5 Å². The molecule has 1 aliphatic rings. The van der Waals surface area contributed by atoms with E-state index < -0.39 is 6.10 Å². The van der Waals surface area contributed by atoms with Crippen molar-refractivity contribution in [2.75, 3.05) is 6.54 Å². The van der Waals surface area contributed by atoms with E-state index in [1.54, 1.807) is 6.07 Å². The molecule has 0 radical (unpaired) electrons. The van der Waals surface area contributed by atoms with Gasteiger partial charge in [-0.3, -0.25) is 0 Å². The SMILES string of the molecule is Oc1ccc2c(c1)C[C@@H](NC[C@H](O)c1ccccc1)CC2. The maximum Gasteiger partial charge on any atom is 0.115 e. The van der Waals surface area contributed by atoms with Crippen molar-refractivity contribution in [2.45, 2.75) is 31.4 Å². The van der Waals surface area contributed by atoms with Crippen molar-refractivity contribution in [1.29, 1.82) is 0 Å². The Morgan fingerprint density at radius 2 is 1.90 bits per heavy atom. The van der Waals surface area contributed by atoms with Gasteiger partial charge in [-0.2, -0.15) is 0 Å². The van der Waals surface area contributed by atoms with Gasteiger partial charge in [0, 0.05) is 12.6 Å². The molecular weight excluding hydrogens is 262 g/mol. The molecule has 0 unspecified atom stereocenters. The number of aromatic hydroxyl groups is 1. The molecule has 0 heterocycles. The summed E-state index contributed by atoms with van der Waals surface area (Å²) in [5, 5.41) is 23.2. The number of nitrogens with one attached hydrogen (secondary N) is 1. The van der Waals surface area contributed by atoms with Crippen molar-refractivity contribution in [1.82, 2.24) is 5.32 Å². The van der Waals surface area contributed by atoms with Crippen LogP contribution in [0.1, 0.15) is 29.2 Å². The highest BCUT2D eigenvalue weighted by molar-refractivity contribution is 5.37. The first kappa shape index (κ1) is 14.1. The van der Waals surface area contributed by atoms with Crippen LogP contribution in [0.5, 0.6) is 5.75 Å². The summed E-state index contributed by atoms with van der Waals surface area (Å²) in [6, 6.07) is 15.7. The van der Waals surface area contributed by atoms with Crippen molar-refractivity contribution in [3.63, 3.8) is 0 Å². The number of phenolic OH excluding ortho intramolecular Hbond substituents is 1. The first-order valence-electron chi connectivity index (χ1n) is 7.49. The molecule has 0 fully saturated rings. The third-order valence-corrected chi connectivity index (χ3v) is 4.20. The molecule has 0 aromatic heterocycles. The normalized spacial score (nSPS) is 19.0. The maximum atomic E-state index is 10.2. The van der Waals surface area contributed by atoms with Gasteiger partial charge in [0.2, 0.25) is 0 Å². The predicted molar refractivity (Wildman–Crippen MR) is 83.3 cm³/mol. The third-order valence-electron chi connectivity index (χ3n) is 4.20. The Hall–Kier alpha value is -1.84. The molecule has 3 heteroatoms. The predicted octanol–water partition coefficient (Wildman–Crippen LogP) is 2.57. The Morgan fingerprint density at radius 1 is 1.10 bits per heavy atom. The number of hydrogen-bond acceptors (Lipinski definition) is 3. The second-order valence-electron chi connectivity index (χ2n) is 5.73. The van der Waals surface area contributed by atoms with E-state index in [-0.39, 0.29) is 0 Å². The quantitative estimate of drug-likeness (QED) is 0.808. The molecule has 1 aliphatic carbocycles. The van der Waals surface area contributed by atoms with Crippen LogP contribution in [0.15, 0.2) is 48.5 Å². The number of fused-ring (bicyclic) bond motifs is 1. The average Bonchev–Trinajstić information content (AvgIpc) is 2.53. The Bertz CT molecular complexity index is 597. The summed E-state index contributed by atoms with van der Waals surface area (Å²) < 4.78 is 0. The number of hydrogen-bond donors (Lipinski definition) is 3. The highest BCUT2D eigenvalue weighted by atomic mass is 16.3. The van der Waals surface area contributed by atoms with E-state index in [0.29, 0.717) is 18.3 Å². The van der Waals surface area contributed by atoms with Crippen LogP contribution in [0.3, 0.4) is 0 Å². The van der Waals surface area contributed by atoms with Crippen LogP contribution in [0, 0.1) is 0 Å². The molecule has 21 heavy (non-hydrogen) atoms. The lowest BCUT2D eigenvalue weighted by Crippen LogP contribution is -2.37. The van der Waals surface area contributed by atoms with Gasteiger partial charge < -0.3 is 15.5 Å². The second kappa shape index (κ2) is 6.29. The lowest BCUT2D eigenvalue weighted by atomic mass is 9.88. The summed E-state index contributed by atoms with van der Waals surface area (Å²) in [7, 11) is 0. The minimum atomic E-state index is -0.475. The minimum absolute atomic E-state index is 0.332. The zero-order chi connectivity index (χ0) is 14.7. The number of aliphatic hydroxyl groups excluding tert-OH is 1. The minimum Gasteiger partial charge on any atom is -0.508 e. The van der Waals surface area contributed by atoms with Gasteiger partial charge in [-0.15, -0.1) is 0 Å². The van der Waals surface area contributed by atoms with Gasteiger partial charge in [-0.05, 0) is 48.1 Å². The molecule has 0 bridgehead atoms. The fourth-order valence-electron chi connectivity index (χ4n) is 2.99. The van der Waals surface area contributed by atoms with E-state index in [0.717, 1.165) is 24.8 Å². The maximum absolute atomic E-state index is 10.2. The lowest BCUT2D eigenvalue weighted by molar-refractivity contribution is 0.168. The Kier molecular flexibility index (Phi) is 4.23. The number of aryl methyl sites for hydroxylation is 1. The zero-order valence-corrected chi connectivity index (χ0v) is 12.0. The molecule has 3 rings (SSSR count). The molecule has 3 nitrogen and oxygen atoms in total. The third kappa shape index (κ3) is 3.43. The summed E-state index contributed by atoms with van der Waals surface area (Å²) in [5.41, 5.74) is 3.49. The molecular formula is C18H21NO2. The smallest absolute Gasteiger partial charge is 0.115 e. The van der Waals surface area contributed by atoms with Crippen molar-refractivity contribution < 1.29 is 10.2 Å². The topological polar surface area (TPSA) is 52.5 Å².